The average Bonchev–Trinajstić information content (AvgIpc) is 2.99. The van der Waals surface area contributed by atoms with Crippen molar-refractivity contribution in [1.29, 1.82) is 0 Å². The molecule has 130 valence electrons. The number of fused-ring (bicyclic) bond motifs is 1. The van der Waals surface area contributed by atoms with Gasteiger partial charge in [0.25, 0.3) is 0 Å². The lowest BCUT2D eigenvalue weighted by Crippen LogP contribution is -2.30. The van der Waals surface area contributed by atoms with Crippen LogP contribution in [0.2, 0.25) is 0 Å². The van der Waals surface area contributed by atoms with E-state index in [2.05, 4.69) is 17.4 Å². The first-order valence-corrected chi connectivity index (χ1v) is 8.51. The summed E-state index contributed by atoms with van der Waals surface area (Å²) >= 11 is 0. The lowest BCUT2D eigenvalue weighted by Gasteiger charge is -2.10. The molecule has 0 aliphatic heterocycles. The van der Waals surface area contributed by atoms with Crippen LogP contribution in [0.25, 0.3) is 11.0 Å². The van der Waals surface area contributed by atoms with Crippen molar-refractivity contribution in [3.8, 4) is 0 Å². The summed E-state index contributed by atoms with van der Waals surface area (Å²) in [6.45, 7) is 1.30. The number of imidazole rings is 1. The summed E-state index contributed by atoms with van der Waals surface area (Å²) in [4.78, 5) is 17.0. The number of ether oxygens (including phenoxy) is 1. The van der Waals surface area contributed by atoms with Gasteiger partial charge >= 0.3 is 0 Å². The van der Waals surface area contributed by atoms with Crippen molar-refractivity contribution in [1.82, 2.24) is 14.9 Å². The number of methoxy groups -OCH3 is 1. The van der Waals surface area contributed by atoms with E-state index in [4.69, 9.17) is 9.72 Å². The van der Waals surface area contributed by atoms with Crippen molar-refractivity contribution in [2.75, 3.05) is 20.3 Å². The summed E-state index contributed by atoms with van der Waals surface area (Å²) in [7, 11) is 1.62. The van der Waals surface area contributed by atoms with Crippen molar-refractivity contribution >= 4 is 16.9 Å². The van der Waals surface area contributed by atoms with Crippen molar-refractivity contribution < 1.29 is 9.53 Å². The van der Waals surface area contributed by atoms with Gasteiger partial charge in [0.1, 0.15) is 12.4 Å². The summed E-state index contributed by atoms with van der Waals surface area (Å²) in [5.74, 6) is 0.910. The second kappa shape index (κ2) is 8.44. The number of hydrogen-bond acceptors (Lipinski definition) is 3. The second-order valence-corrected chi connectivity index (χ2v) is 5.93. The van der Waals surface area contributed by atoms with Gasteiger partial charge in [-0.15, -0.1) is 0 Å². The highest BCUT2D eigenvalue weighted by Gasteiger charge is 2.13. The van der Waals surface area contributed by atoms with Crippen LogP contribution in [0.4, 0.5) is 0 Å². The van der Waals surface area contributed by atoms with Crippen LogP contribution in [0.3, 0.4) is 0 Å². The van der Waals surface area contributed by atoms with Crippen LogP contribution in [0, 0.1) is 0 Å². The van der Waals surface area contributed by atoms with Crippen LogP contribution in [-0.2, 0) is 28.9 Å². The normalized spacial score (nSPS) is 10.9. The Labute approximate surface area is 147 Å². The lowest BCUT2D eigenvalue weighted by atomic mass is 10.1. The highest BCUT2D eigenvalue weighted by molar-refractivity contribution is 5.81. The predicted octanol–water partition coefficient (Wildman–Crippen LogP) is 2.58. The van der Waals surface area contributed by atoms with Gasteiger partial charge in [-0.1, -0.05) is 42.5 Å². The largest absolute Gasteiger partial charge is 0.383 e. The summed E-state index contributed by atoms with van der Waals surface area (Å²) in [6.07, 6.45) is 1.69. The molecule has 5 heteroatoms. The number of carbonyl (C=O) groups is 1. The van der Waals surface area contributed by atoms with Gasteiger partial charge in [-0.2, -0.15) is 0 Å². The van der Waals surface area contributed by atoms with Gasteiger partial charge in [0.05, 0.1) is 17.6 Å². The number of carbonyl (C=O) groups excluding carboxylic acids is 1. The van der Waals surface area contributed by atoms with Crippen LogP contribution < -0.4 is 5.32 Å². The summed E-state index contributed by atoms with van der Waals surface area (Å²) < 4.78 is 6.99. The smallest absolute Gasteiger partial charge is 0.240 e. The molecule has 25 heavy (non-hydrogen) atoms. The fourth-order valence-electron chi connectivity index (χ4n) is 2.89. The third kappa shape index (κ3) is 4.45. The van der Waals surface area contributed by atoms with E-state index in [1.165, 1.54) is 5.56 Å². The molecule has 0 saturated carbocycles. The molecule has 3 aromatic rings. The van der Waals surface area contributed by atoms with Gasteiger partial charge in [-0.25, -0.2) is 4.98 Å². The molecular formula is C20H23N3O2. The predicted molar refractivity (Wildman–Crippen MR) is 98.5 cm³/mol. The molecule has 0 aliphatic rings. The van der Waals surface area contributed by atoms with E-state index >= 15 is 0 Å². The molecule has 0 fully saturated rings. The number of nitrogens with one attached hydrogen (secondary N) is 1. The first-order valence-electron chi connectivity index (χ1n) is 8.51. The molecule has 0 unspecified atom stereocenters. The minimum absolute atomic E-state index is 0.0267. The molecule has 0 saturated heterocycles. The molecule has 5 nitrogen and oxygen atoms in total. The lowest BCUT2D eigenvalue weighted by molar-refractivity contribution is -0.121. The number of aryl methyl sites for hydroxylation is 2. The molecular weight excluding hydrogens is 314 g/mol. The molecule has 0 aliphatic carbocycles. The zero-order valence-corrected chi connectivity index (χ0v) is 14.4. The Morgan fingerprint density at radius 2 is 1.84 bits per heavy atom. The number of hydrogen-bond donors (Lipinski definition) is 1. The Morgan fingerprint density at radius 3 is 2.64 bits per heavy atom. The first kappa shape index (κ1) is 17.2. The summed E-state index contributed by atoms with van der Waals surface area (Å²) in [5, 5.41) is 2.88. The van der Waals surface area contributed by atoms with E-state index in [-0.39, 0.29) is 12.5 Å². The zero-order valence-electron chi connectivity index (χ0n) is 14.4. The Morgan fingerprint density at radius 1 is 1.08 bits per heavy atom. The number of nitrogens with zero attached hydrogens (tertiary/aromatic N) is 2. The monoisotopic (exact) mass is 337 g/mol. The van der Waals surface area contributed by atoms with Crippen LogP contribution in [0.5, 0.6) is 0 Å². The van der Waals surface area contributed by atoms with E-state index in [0.29, 0.717) is 13.2 Å². The van der Waals surface area contributed by atoms with Crippen LogP contribution in [0.1, 0.15) is 11.4 Å². The van der Waals surface area contributed by atoms with E-state index in [9.17, 15) is 4.79 Å². The molecule has 1 heterocycles. The molecule has 2 aromatic carbocycles. The molecule has 0 radical (unpaired) electrons. The third-order valence-electron chi connectivity index (χ3n) is 4.14. The summed E-state index contributed by atoms with van der Waals surface area (Å²) in [5.41, 5.74) is 3.19. The molecule has 0 atom stereocenters. The average molecular weight is 337 g/mol. The van der Waals surface area contributed by atoms with Gasteiger partial charge < -0.3 is 14.6 Å². The van der Waals surface area contributed by atoms with Crippen molar-refractivity contribution in [2.24, 2.45) is 0 Å². The quantitative estimate of drug-likeness (QED) is 0.643. The minimum Gasteiger partial charge on any atom is -0.383 e. The number of para-hydroxylation sites is 2. The molecule has 3 rings (SSSR count). The molecule has 0 spiro atoms. The maximum Gasteiger partial charge on any atom is 0.240 e. The van der Waals surface area contributed by atoms with E-state index < -0.39 is 0 Å². The van der Waals surface area contributed by atoms with Gasteiger partial charge in [-0.3, -0.25) is 4.79 Å². The van der Waals surface area contributed by atoms with Gasteiger partial charge in [0.15, 0.2) is 0 Å². The standard InChI is InChI=1S/C20H23N3O2/c1-25-14-13-21-20(24)15-23-18-10-6-5-9-17(18)22-19(23)12-11-16-7-3-2-4-8-16/h2-10H,11-15H2,1H3,(H,21,24). The Kier molecular flexibility index (Phi) is 5.80. The van der Waals surface area contributed by atoms with Gasteiger partial charge in [0.2, 0.25) is 5.91 Å². The number of rotatable bonds is 8. The van der Waals surface area contributed by atoms with Crippen LogP contribution in [0.15, 0.2) is 54.6 Å². The highest BCUT2D eigenvalue weighted by atomic mass is 16.5. The van der Waals surface area contributed by atoms with Gasteiger partial charge in [0, 0.05) is 20.1 Å². The molecule has 1 amide bonds. The third-order valence-corrected chi connectivity index (χ3v) is 4.14. The molecule has 1 aromatic heterocycles. The SMILES string of the molecule is COCCNC(=O)Cn1c(CCc2ccccc2)nc2ccccc21. The number of benzene rings is 2. The highest BCUT2D eigenvalue weighted by Crippen LogP contribution is 2.17. The van der Waals surface area contributed by atoms with E-state index in [0.717, 1.165) is 29.7 Å². The Hall–Kier alpha value is -2.66. The first-order chi connectivity index (χ1) is 12.3. The number of amides is 1. The van der Waals surface area contributed by atoms with Crippen molar-refractivity contribution in [2.45, 2.75) is 19.4 Å². The maximum atomic E-state index is 12.2. The minimum atomic E-state index is -0.0267. The fraction of sp³-hybridized carbons (Fsp3) is 0.300. The topological polar surface area (TPSA) is 56.1 Å². The fourth-order valence-corrected chi connectivity index (χ4v) is 2.89. The van der Waals surface area contributed by atoms with Crippen LogP contribution in [-0.4, -0.2) is 35.7 Å². The zero-order chi connectivity index (χ0) is 17.5. The molecule has 0 bridgehead atoms. The summed E-state index contributed by atoms with van der Waals surface area (Å²) in [6, 6.07) is 18.3. The maximum absolute atomic E-state index is 12.2. The second-order valence-electron chi connectivity index (χ2n) is 5.93. The van der Waals surface area contributed by atoms with Crippen molar-refractivity contribution in [3.63, 3.8) is 0 Å². The Bertz CT molecular complexity index is 827. The van der Waals surface area contributed by atoms with E-state index in [1.807, 2.05) is 47.0 Å². The Balaban J connectivity index is 1.78. The number of aromatic nitrogens is 2. The van der Waals surface area contributed by atoms with Gasteiger partial charge in [-0.05, 0) is 24.1 Å². The molecule has 1 N–H and O–H groups in total. The van der Waals surface area contributed by atoms with E-state index in [1.54, 1.807) is 7.11 Å². The van der Waals surface area contributed by atoms with Crippen molar-refractivity contribution in [3.05, 3.63) is 66.0 Å². The van der Waals surface area contributed by atoms with Crippen LogP contribution >= 0.6 is 0 Å².